The van der Waals surface area contributed by atoms with Crippen molar-refractivity contribution < 1.29 is 4.79 Å². The van der Waals surface area contributed by atoms with Gasteiger partial charge in [0.25, 0.3) is 5.91 Å². The van der Waals surface area contributed by atoms with Gasteiger partial charge in [0, 0.05) is 44.5 Å². The van der Waals surface area contributed by atoms with Crippen LogP contribution in [0, 0.1) is 6.92 Å². The fraction of sp³-hybridized carbons (Fsp3) is 0.438. The lowest BCUT2D eigenvalue weighted by Gasteiger charge is -2.35. The van der Waals surface area contributed by atoms with Crippen molar-refractivity contribution in [2.45, 2.75) is 13.8 Å². The van der Waals surface area contributed by atoms with E-state index in [4.69, 9.17) is 23.2 Å². The summed E-state index contributed by atoms with van der Waals surface area (Å²) in [5.41, 5.74) is 1.40. The molecule has 0 atom stereocenters. The van der Waals surface area contributed by atoms with E-state index in [1.807, 2.05) is 19.9 Å². The minimum absolute atomic E-state index is 0.0694. The Balaban J connectivity index is 1.67. The van der Waals surface area contributed by atoms with E-state index < -0.39 is 0 Å². The summed E-state index contributed by atoms with van der Waals surface area (Å²) in [6.07, 6.45) is 0. The number of carbonyl (C=O) groups excluding carboxylic acids is 1. The number of amides is 1. The number of rotatable bonds is 4. The molecule has 2 aromatic heterocycles. The van der Waals surface area contributed by atoms with E-state index in [0.29, 0.717) is 46.4 Å². The van der Waals surface area contributed by atoms with E-state index in [-0.39, 0.29) is 5.91 Å². The number of thiophene rings is 1. The van der Waals surface area contributed by atoms with Crippen molar-refractivity contribution in [3.05, 3.63) is 32.1 Å². The Kier molecular flexibility index (Phi) is 5.66. The van der Waals surface area contributed by atoms with Crippen LogP contribution in [-0.2, 0) is 0 Å². The first-order valence-corrected chi connectivity index (χ1v) is 9.63. The van der Waals surface area contributed by atoms with E-state index in [0.717, 1.165) is 18.1 Å². The van der Waals surface area contributed by atoms with E-state index in [2.05, 4.69) is 20.2 Å². The molecule has 0 aliphatic carbocycles. The summed E-state index contributed by atoms with van der Waals surface area (Å²) >= 11 is 13.3. The number of piperazine rings is 1. The summed E-state index contributed by atoms with van der Waals surface area (Å²) in [7, 11) is 0. The molecule has 1 fully saturated rings. The summed E-state index contributed by atoms with van der Waals surface area (Å²) < 4.78 is 0.971. The van der Waals surface area contributed by atoms with Gasteiger partial charge in [0.05, 0.1) is 9.90 Å². The largest absolute Gasteiger partial charge is 0.354 e. The molecule has 0 radical (unpaired) electrons. The summed E-state index contributed by atoms with van der Waals surface area (Å²) in [5, 5.41) is 3.15. The molecule has 1 N–H and O–H groups in total. The standard InChI is InChI=1S/C16H19Cl2N5OS/c1-3-19-16-20-10(2)8-13(21-16)22-4-6-23(7-5-22)15(24)11-9-12(17)25-14(11)18/h8-9H,3-7H2,1-2H3,(H,19,20,21). The van der Waals surface area contributed by atoms with Crippen molar-refractivity contribution in [1.29, 1.82) is 0 Å². The molecule has 0 bridgehead atoms. The predicted octanol–water partition coefficient (Wildman–Crippen LogP) is 3.55. The Morgan fingerprint density at radius 1 is 1.24 bits per heavy atom. The van der Waals surface area contributed by atoms with Gasteiger partial charge in [0.2, 0.25) is 5.95 Å². The maximum atomic E-state index is 12.6. The van der Waals surface area contributed by atoms with E-state index >= 15 is 0 Å². The summed E-state index contributed by atoms with van der Waals surface area (Å²) in [5.74, 6) is 1.45. The van der Waals surface area contributed by atoms with Crippen LogP contribution in [0.4, 0.5) is 11.8 Å². The van der Waals surface area contributed by atoms with Gasteiger partial charge in [-0.25, -0.2) is 4.98 Å². The molecule has 25 heavy (non-hydrogen) atoms. The molecule has 1 aliphatic heterocycles. The topological polar surface area (TPSA) is 61.4 Å². The number of hydrogen-bond donors (Lipinski definition) is 1. The van der Waals surface area contributed by atoms with Crippen molar-refractivity contribution in [3.63, 3.8) is 0 Å². The van der Waals surface area contributed by atoms with Crippen LogP contribution in [0.25, 0.3) is 0 Å². The fourth-order valence-electron chi connectivity index (χ4n) is 2.75. The van der Waals surface area contributed by atoms with E-state index in [1.54, 1.807) is 11.0 Å². The minimum atomic E-state index is -0.0694. The molecule has 134 valence electrons. The molecule has 0 spiro atoms. The second-order valence-electron chi connectivity index (χ2n) is 5.74. The predicted molar refractivity (Wildman–Crippen MR) is 103 cm³/mol. The van der Waals surface area contributed by atoms with Crippen LogP contribution in [0.3, 0.4) is 0 Å². The molecule has 0 saturated carbocycles. The second kappa shape index (κ2) is 7.76. The van der Waals surface area contributed by atoms with Crippen molar-refractivity contribution in [1.82, 2.24) is 14.9 Å². The number of halogens is 2. The average molecular weight is 400 g/mol. The molecule has 3 heterocycles. The maximum Gasteiger partial charge on any atom is 0.256 e. The molecule has 3 rings (SSSR count). The van der Waals surface area contributed by atoms with Gasteiger partial charge < -0.3 is 15.1 Å². The number of aryl methyl sites for hydroxylation is 1. The van der Waals surface area contributed by atoms with E-state index in [1.165, 1.54) is 11.3 Å². The zero-order chi connectivity index (χ0) is 18.0. The first kappa shape index (κ1) is 18.2. The highest BCUT2D eigenvalue weighted by molar-refractivity contribution is 7.20. The molecule has 1 aliphatic rings. The first-order chi connectivity index (χ1) is 12.0. The number of anilines is 2. The molecular formula is C16H19Cl2N5OS. The monoisotopic (exact) mass is 399 g/mol. The Hall–Kier alpha value is -1.57. The molecule has 2 aromatic rings. The smallest absolute Gasteiger partial charge is 0.256 e. The number of hydrogen-bond acceptors (Lipinski definition) is 6. The summed E-state index contributed by atoms with van der Waals surface area (Å²) in [4.78, 5) is 25.5. The van der Waals surface area contributed by atoms with Crippen LogP contribution in [0.2, 0.25) is 8.67 Å². The van der Waals surface area contributed by atoms with Gasteiger partial charge >= 0.3 is 0 Å². The Labute approximate surface area is 160 Å². The molecule has 1 amide bonds. The number of nitrogens with zero attached hydrogens (tertiary/aromatic N) is 4. The van der Waals surface area contributed by atoms with Crippen LogP contribution >= 0.6 is 34.5 Å². The molecule has 0 aromatic carbocycles. The van der Waals surface area contributed by atoms with Crippen molar-refractivity contribution in [3.8, 4) is 0 Å². The normalized spacial score (nSPS) is 14.7. The third kappa shape index (κ3) is 4.16. The summed E-state index contributed by atoms with van der Waals surface area (Å²) in [6, 6.07) is 3.60. The Bertz CT molecular complexity index is 774. The third-order valence-electron chi connectivity index (χ3n) is 3.95. The highest BCUT2D eigenvalue weighted by atomic mass is 35.5. The molecule has 9 heteroatoms. The van der Waals surface area contributed by atoms with E-state index in [9.17, 15) is 4.79 Å². The van der Waals surface area contributed by atoms with Crippen molar-refractivity contribution in [2.24, 2.45) is 0 Å². The van der Waals surface area contributed by atoms with Crippen LogP contribution < -0.4 is 10.2 Å². The Morgan fingerprint density at radius 3 is 2.56 bits per heavy atom. The SMILES string of the molecule is CCNc1nc(C)cc(N2CCN(C(=O)c3cc(Cl)sc3Cl)CC2)n1. The fourth-order valence-corrected chi connectivity index (χ4v) is 4.19. The third-order valence-corrected chi connectivity index (χ3v) is 5.44. The van der Waals surface area contributed by atoms with Crippen LogP contribution in [0.1, 0.15) is 23.0 Å². The van der Waals surface area contributed by atoms with Gasteiger partial charge in [0.1, 0.15) is 10.2 Å². The van der Waals surface area contributed by atoms with Crippen molar-refractivity contribution >= 4 is 52.2 Å². The first-order valence-electron chi connectivity index (χ1n) is 8.06. The average Bonchev–Trinajstić information content (AvgIpc) is 2.92. The molecular weight excluding hydrogens is 381 g/mol. The van der Waals surface area contributed by atoms with Gasteiger partial charge in [-0.05, 0) is 19.9 Å². The lowest BCUT2D eigenvalue weighted by atomic mass is 10.2. The van der Waals surface area contributed by atoms with Gasteiger partial charge in [0.15, 0.2) is 0 Å². The molecule has 1 saturated heterocycles. The van der Waals surface area contributed by atoms with Gasteiger partial charge in [-0.3, -0.25) is 4.79 Å². The molecule has 0 unspecified atom stereocenters. The Morgan fingerprint density at radius 2 is 1.96 bits per heavy atom. The lowest BCUT2D eigenvalue weighted by Crippen LogP contribution is -2.49. The highest BCUT2D eigenvalue weighted by Gasteiger charge is 2.25. The summed E-state index contributed by atoms with van der Waals surface area (Å²) in [6.45, 7) is 7.39. The zero-order valence-electron chi connectivity index (χ0n) is 14.1. The highest BCUT2D eigenvalue weighted by Crippen LogP contribution is 2.32. The van der Waals surface area contributed by atoms with Crippen LogP contribution in [-0.4, -0.2) is 53.5 Å². The van der Waals surface area contributed by atoms with Gasteiger partial charge in [-0.2, -0.15) is 4.98 Å². The number of nitrogens with one attached hydrogen (secondary N) is 1. The minimum Gasteiger partial charge on any atom is -0.354 e. The zero-order valence-corrected chi connectivity index (χ0v) is 16.4. The molecule has 6 nitrogen and oxygen atoms in total. The number of carbonyl (C=O) groups is 1. The second-order valence-corrected chi connectivity index (χ2v) is 8.02. The van der Waals surface area contributed by atoms with Crippen LogP contribution in [0.15, 0.2) is 12.1 Å². The quantitative estimate of drug-likeness (QED) is 0.851. The number of aromatic nitrogens is 2. The van der Waals surface area contributed by atoms with Gasteiger partial charge in [-0.1, -0.05) is 23.2 Å². The lowest BCUT2D eigenvalue weighted by molar-refractivity contribution is 0.0747. The van der Waals surface area contributed by atoms with Crippen LogP contribution in [0.5, 0.6) is 0 Å². The maximum absolute atomic E-state index is 12.6. The van der Waals surface area contributed by atoms with Gasteiger partial charge in [-0.15, -0.1) is 11.3 Å². The van der Waals surface area contributed by atoms with Crippen molar-refractivity contribution in [2.75, 3.05) is 42.9 Å².